The molecule has 0 unspecified atom stereocenters. The normalized spacial score (nSPS) is 14.2. The van der Waals surface area contributed by atoms with Gasteiger partial charge in [-0.3, -0.25) is 0 Å². The van der Waals surface area contributed by atoms with Crippen molar-refractivity contribution in [2.45, 2.75) is 37.2 Å². The van der Waals surface area contributed by atoms with Gasteiger partial charge in [0.15, 0.2) is 0 Å². The highest BCUT2D eigenvalue weighted by atomic mass is 32.1. The molecule has 0 rings (SSSR count). The van der Waals surface area contributed by atoms with Crippen LogP contribution in [-0.4, -0.2) is 9.49 Å². The molecular formula is C6H14S2. The minimum absolute atomic E-state index is 0.00386. The lowest BCUT2D eigenvalue weighted by Crippen LogP contribution is -2.34. The molecule has 0 bridgehead atoms. The Balaban J connectivity index is 4.02. The average Bonchev–Trinajstić information content (AvgIpc) is 1.25. The smallest absolute Gasteiger partial charge is 0.0212 e. The van der Waals surface area contributed by atoms with Gasteiger partial charge in [-0.05, 0) is 27.7 Å². The van der Waals surface area contributed by atoms with Gasteiger partial charge in [-0.2, -0.15) is 25.3 Å². The fourth-order valence-electron chi connectivity index (χ4n) is 0. The Hall–Kier alpha value is 0.700. The van der Waals surface area contributed by atoms with Gasteiger partial charge in [0, 0.05) is 9.49 Å². The Morgan fingerprint density at radius 2 is 0.875 bits per heavy atom. The van der Waals surface area contributed by atoms with E-state index in [1.807, 2.05) is 0 Å². The first-order chi connectivity index (χ1) is 3.25. The van der Waals surface area contributed by atoms with Gasteiger partial charge < -0.3 is 0 Å². The molecule has 0 aromatic carbocycles. The summed E-state index contributed by atoms with van der Waals surface area (Å²) >= 11 is 8.72. The van der Waals surface area contributed by atoms with Gasteiger partial charge in [-0.1, -0.05) is 0 Å². The highest BCUT2D eigenvalue weighted by Gasteiger charge is 2.29. The molecule has 0 saturated carbocycles. The molecule has 0 atom stereocenters. The lowest BCUT2D eigenvalue weighted by atomic mass is 9.98. The third-order valence-electron chi connectivity index (χ3n) is 1.50. The Bertz CT molecular complexity index is 61.5. The molecule has 0 aromatic heterocycles. The van der Waals surface area contributed by atoms with Crippen molar-refractivity contribution in [1.82, 2.24) is 0 Å². The fraction of sp³-hybridized carbons (Fsp3) is 1.00. The summed E-state index contributed by atoms with van der Waals surface area (Å²) in [6.07, 6.45) is 0. The van der Waals surface area contributed by atoms with Gasteiger partial charge in [-0.15, -0.1) is 0 Å². The maximum absolute atomic E-state index is 4.36. The number of thiol groups is 2. The Morgan fingerprint density at radius 1 is 0.750 bits per heavy atom. The second kappa shape index (κ2) is 2.14. The van der Waals surface area contributed by atoms with Crippen LogP contribution < -0.4 is 0 Å². The second-order valence-electron chi connectivity index (χ2n) is 3.12. The van der Waals surface area contributed by atoms with Crippen molar-refractivity contribution in [3.05, 3.63) is 0 Å². The van der Waals surface area contributed by atoms with Crippen LogP contribution in [0.3, 0.4) is 0 Å². The third kappa shape index (κ3) is 2.31. The van der Waals surface area contributed by atoms with Gasteiger partial charge in [-0.25, -0.2) is 0 Å². The van der Waals surface area contributed by atoms with Crippen molar-refractivity contribution in [3.63, 3.8) is 0 Å². The van der Waals surface area contributed by atoms with E-state index in [0.717, 1.165) is 0 Å². The predicted molar refractivity (Wildman–Crippen MR) is 46.1 cm³/mol. The molecule has 0 nitrogen and oxygen atoms in total. The molecule has 0 heterocycles. The number of rotatable bonds is 1. The molecule has 0 N–H and O–H groups in total. The SMILES string of the molecule is CC(C)(S)C(C)(C)S. The van der Waals surface area contributed by atoms with E-state index >= 15 is 0 Å². The number of hydrogen-bond acceptors (Lipinski definition) is 2. The topological polar surface area (TPSA) is 0 Å². The first-order valence-corrected chi connectivity index (χ1v) is 3.59. The van der Waals surface area contributed by atoms with Crippen molar-refractivity contribution in [3.8, 4) is 0 Å². The van der Waals surface area contributed by atoms with Crippen LogP contribution in [0, 0.1) is 0 Å². The van der Waals surface area contributed by atoms with Gasteiger partial charge in [0.25, 0.3) is 0 Å². The van der Waals surface area contributed by atoms with E-state index in [1.54, 1.807) is 0 Å². The number of hydrogen-bond donors (Lipinski definition) is 2. The molecule has 0 aliphatic heterocycles. The van der Waals surface area contributed by atoms with Crippen LogP contribution >= 0.6 is 25.3 Å². The highest BCUT2D eigenvalue weighted by molar-refractivity contribution is 7.86. The molecule has 0 spiro atoms. The zero-order valence-corrected chi connectivity index (χ0v) is 7.68. The van der Waals surface area contributed by atoms with Crippen LogP contribution in [0.5, 0.6) is 0 Å². The minimum Gasteiger partial charge on any atom is -0.172 e. The van der Waals surface area contributed by atoms with Crippen LogP contribution in [0.15, 0.2) is 0 Å². The van der Waals surface area contributed by atoms with E-state index in [4.69, 9.17) is 0 Å². The van der Waals surface area contributed by atoms with Crippen molar-refractivity contribution in [2.75, 3.05) is 0 Å². The summed E-state index contributed by atoms with van der Waals surface area (Å²) in [5.74, 6) is 0. The van der Waals surface area contributed by atoms with Crippen LogP contribution in [0.1, 0.15) is 27.7 Å². The molecule has 0 aliphatic rings. The summed E-state index contributed by atoms with van der Waals surface area (Å²) in [7, 11) is 0. The summed E-state index contributed by atoms with van der Waals surface area (Å²) in [5, 5.41) is 0. The van der Waals surface area contributed by atoms with E-state index in [1.165, 1.54) is 0 Å². The van der Waals surface area contributed by atoms with Crippen molar-refractivity contribution < 1.29 is 0 Å². The molecule has 0 fully saturated rings. The maximum Gasteiger partial charge on any atom is 0.0212 e. The lowest BCUT2D eigenvalue weighted by Gasteiger charge is -2.32. The van der Waals surface area contributed by atoms with E-state index < -0.39 is 0 Å². The molecule has 2 heteroatoms. The molecule has 0 radical (unpaired) electrons. The lowest BCUT2D eigenvalue weighted by molar-refractivity contribution is 0.561. The van der Waals surface area contributed by atoms with Gasteiger partial charge in [0.1, 0.15) is 0 Å². The molecule has 0 aliphatic carbocycles. The molecule has 0 aromatic rings. The third-order valence-corrected chi connectivity index (χ3v) is 2.79. The van der Waals surface area contributed by atoms with E-state index in [2.05, 4.69) is 53.0 Å². The van der Waals surface area contributed by atoms with E-state index in [-0.39, 0.29) is 9.49 Å². The fourth-order valence-corrected chi connectivity index (χ4v) is 0. The first kappa shape index (κ1) is 8.70. The Kier molecular flexibility index (Phi) is 2.33. The van der Waals surface area contributed by atoms with Gasteiger partial charge in [0.2, 0.25) is 0 Å². The van der Waals surface area contributed by atoms with E-state index in [9.17, 15) is 0 Å². The van der Waals surface area contributed by atoms with Crippen LogP contribution in [0.4, 0.5) is 0 Å². The summed E-state index contributed by atoms with van der Waals surface area (Å²) < 4.78 is -0.00772. The zero-order chi connectivity index (χ0) is 7.00. The highest BCUT2D eigenvalue weighted by Crippen LogP contribution is 2.32. The van der Waals surface area contributed by atoms with Crippen LogP contribution in [-0.2, 0) is 0 Å². The van der Waals surface area contributed by atoms with Crippen molar-refractivity contribution >= 4 is 25.3 Å². The summed E-state index contributed by atoms with van der Waals surface area (Å²) in [6, 6.07) is 0. The Labute approximate surface area is 62.9 Å². The summed E-state index contributed by atoms with van der Waals surface area (Å²) in [4.78, 5) is 0. The summed E-state index contributed by atoms with van der Waals surface area (Å²) in [6.45, 7) is 8.23. The summed E-state index contributed by atoms with van der Waals surface area (Å²) in [5.41, 5.74) is 0. The zero-order valence-electron chi connectivity index (χ0n) is 5.89. The monoisotopic (exact) mass is 150 g/mol. The molecule has 50 valence electrons. The Morgan fingerprint density at radius 3 is 0.875 bits per heavy atom. The molecule has 0 amide bonds. The van der Waals surface area contributed by atoms with Gasteiger partial charge in [0.05, 0.1) is 0 Å². The maximum atomic E-state index is 4.36. The van der Waals surface area contributed by atoms with Crippen LogP contribution in [0.2, 0.25) is 0 Å². The average molecular weight is 150 g/mol. The molecular weight excluding hydrogens is 136 g/mol. The standard InChI is InChI=1S/C6H14S2/c1-5(2,7)6(3,4)8/h7-8H,1-4H3. The quantitative estimate of drug-likeness (QED) is 0.527. The van der Waals surface area contributed by atoms with E-state index in [0.29, 0.717) is 0 Å². The minimum atomic E-state index is -0.00386. The second-order valence-corrected chi connectivity index (χ2v) is 5.35. The largest absolute Gasteiger partial charge is 0.172 e. The molecule has 0 saturated heterocycles. The van der Waals surface area contributed by atoms with Crippen molar-refractivity contribution in [2.24, 2.45) is 0 Å². The van der Waals surface area contributed by atoms with Crippen LogP contribution in [0.25, 0.3) is 0 Å². The first-order valence-electron chi connectivity index (χ1n) is 2.70. The molecule has 8 heavy (non-hydrogen) atoms. The van der Waals surface area contributed by atoms with Gasteiger partial charge >= 0.3 is 0 Å². The van der Waals surface area contributed by atoms with Crippen molar-refractivity contribution in [1.29, 1.82) is 0 Å². The predicted octanol–water partition coefficient (Wildman–Crippen LogP) is 2.40.